The number of imide groups is 3. The highest BCUT2D eigenvalue weighted by molar-refractivity contribution is 7.17. The first-order chi connectivity index (χ1) is 63.3. The fraction of sp³-hybridized carbons (Fsp3) is 0.697. The largest absolute Gasteiger partial charge is 0.348 e. The van der Waals surface area contributed by atoms with E-state index in [1.807, 2.05) is 45.1 Å². The van der Waals surface area contributed by atoms with Crippen LogP contribution in [0.5, 0.6) is 0 Å². The van der Waals surface area contributed by atoms with E-state index in [4.69, 9.17) is 15.0 Å². The maximum atomic E-state index is 14.3. The van der Waals surface area contributed by atoms with Crippen LogP contribution in [-0.4, -0.2) is 159 Å². The molecule has 756 valence electrons. The van der Waals surface area contributed by atoms with Gasteiger partial charge in [0.25, 0.3) is 35.4 Å². The number of aromatic nitrogens is 3. The van der Waals surface area contributed by atoms with E-state index in [0.29, 0.717) is 77.9 Å². The smallest absolute Gasteiger partial charge is 0.290 e. The standard InChI is InChI=1S/C39H63N5O3S.C38H61N5O3S.C32H49N5O3S/c1-13-18-21-27(16-4)25-43(26-28(17-5)22-19-14-2)37-41-33(38(6,7)8)32(48-37)23-30-29(20-15-3)31(24-40)35(46)44(34(30)45)42(12)36(47)39(9,10)11;1-13-18-20-26(15-3)24-42(25-27(16-4)21-19-14-2)36-40-32(37(6,7)8)31(47-36)22-29-28(17-5)30(23-39)34(45)43(33(29)44)41(12)35(46)38(9,10)11;1-13-22-23(27(38)37(28(39)24(22)19-33)35(12)29(40)32(9,10)11)18-25-26(31(6,7)8)34-30(41-25)36(16-14-20(2)3)17-15-21(4)5/h23,27-28H,13-22,25-26H2,1-12H3;22,26-27H,13-21,24-25H2,1-12H3;18,20-21H,13-17H2,1-12H3/b30-23-;29-22-;23-18-. The number of anilines is 3. The molecule has 0 bridgehead atoms. The number of thiazole rings is 3. The van der Waals surface area contributed by atoms with Crippen molar-refractivity contribution < 1.29 is 43.2 Å². The SMILES string of the molecule is CCC1=C(C#N)C(=O)N(N(C)C(=O)C(C)(C)C)C(=O)/C1=C\c1sc(N(CCC(C)C)CCC(C)C)nc1C(C)(C)C.CCCCC(CC)CN(CC(CC)CCCC)c1nc(C(C)(C)C)c(/C=C2\C(=O)N(N(C)C(=O)C(C)(C)C)C(=O)C(C#N)=C2CC)s1.CCCCC(CC)CN(CC(CC)CCCC)c1nc(C(C)(C)C)c(/C=C2\C(=O)N(N(C)C(=O)C(C)(C)C)C(=O)C(C#N)=C2CCC)s1. The van der Waals surface area contributed by atoms with Gasteiger partial charge in [-0.1, -0.05) is 346 Å². The first-order valence-corrected chi connectivity index (χ1v) is 53.1. The van der Waals surface area contributed by atoms with Crippen molar-refractivity contribution in [3.63, 3.8) is 0 Å². The van der Waals surface area contributed by atoms with Crippen molar-refractivity contribution in [2.45, 2.75) is 386 Å². The van der Waals surface area contributed by atoms with Crippen molar-refractivity contribution in [1.29, 1.82) is 15.8 Å². The Balaban J connectivity index is 0.000000428. The Labute approximate surface area is 832 Å². The number of carbonyl (C=O) groups is 9. The van der Waals surface area contributed by atoms with Crippen molar-refractivity contribution in [3.05, 3.63) is 81.9 Å². The van der Waals surface area contributed by atoms with Gasteiger partial charge < -0.3 is 14.7 Å². The van der Waals surface area contributed by atoms with Crippen LogP contribution in [0.1, 0.15) is 401 Å². The van der Waals surface area contributed by atoms with Crippen LogP contribution in [0.15, 0.2) is 50.2 Å². The number of hydrogen-bond donors (Lipinski definition) is 0. The molecule has 0 saturated carbocycles. The molecule has 0 aromatic carbocycles. The Kier molecular flexibility index (Phi) is 46.4. The number of amides is 9. The quantitative estimate of drug-likeness (QED) is 0.0375. The summed E-state index contributed by atoms with van der Waals surface area (Å²) in [5.41, 5.74) is 0.815. The minimum absolute atomic E-state index is 0.0941. The average molecular weight is 1930 g/mol. The van der Waals surface area contributed by atoms with Gasteiger partial charge in [0.05, 0.1) is 31.7 Å². The number of carbonyl (C=O) groups excluding carboxylic acids is 9. The van der Waals surface area contributed by atoms with E-state index < -0.39 is 69.4 Å². The van der Waals surface area contributed by atoms with Gasteiger partial charge in [0.15, 0.2) is 15.4 Å². The first-order valence-electron chi connectivity index (χ1n) is 50.7. The van der Waals surface area contributed by atoms with Crippen LogP contribution in [0.2, 0.25) is 0 Å². The van der Waals surface area contributed by atoms with E-state index in [2.05, 4.69) is 166 Å². The molecule has 4 atom stereocenters. The van der Waals surface area contributed by atoms with Gasteiger partial charge in [0.1, 0.15) is 34.9 Å². The molecule has 0 saturated heterocycles. The van der Waals surface area contributed by atoms with Crippen LogP contribution in [0.4, 0.5) is 15.4 Å². The van der Waals surface area contributed by atoms with Crippen molar-refractivity contribution in [2.75, 3.05) is 75.1 Å². The fourth-order valence-corrected chi connectivity index (χ4v) is 20.6. The Morgan fingerprint density at radius 2 is 0.588 bits per heavy atom. The third-order valence-corrected chi connectivity index (χ3v) is 28.5. The predicted octanol–water partition coefficient (Wildman–Crippen LogP) is 25.3. The summed E-state index contributed by atoms with van der Waals surface area (Å²) in [5.74, 6) is -1.96. The van der Waals surface area contributed by atoms with E-state index in [1.54, 1.807) is 91.1 Å². The number of unbranched alkanes of at least 4 members (excludes halogenated alkanes) is 4. The lowest BCUT2D eigenvalue weighted by Gasteiger charge is -2.37. The predicted molar refractivity (Wildman–Crippen MR) is 561 cm³/mol. The van der Waals surface area contributed by atoms with Crippen molar-refractivity contribution in [3.8, 4) is 18.2 Å². The third kappa shape index (κ3) is 31.8. The molecule has 9 amide bonds. The molecular weight excluding hydrogens is 1760 g/mol. The van der Waals surface area contributed by atoms with Crippen LogP contribution >= 0.6 is 34.0 Å². The van der Waals surface area contributed by atoms with E-state index in [9.17, 15) is 58.9 Å². The van der Waals surface area contributed by atoms with Crippen LogP contribution in [0.25, 0.3) is 18.2 Å². The number of nitrogens with zero attached hydrogens (tertiary/aromatic N) is 15. The molecule has 27 heteroatoms. The normalized spacial score (nSPS) is 16.3. The molecule has 0 radical (unpaired) electrons. The summed E-state index contributed by atoms with van der Waals surface area (Å²) < 4.78 is 0. The number of hydrogen-bond acceptors (Lipinski definition) is 21. The summed E-state index contributed by atoms with van der Waals surface area (Å²) in [4.78, 5) is 148. The maximum absolute atomic E-state index is 14.3. The summed E-state index contributed by atoms with van der Waals surface area (Å²) in [6.07, 6.45) is 27.9. The fourth-order valence-electron chi connectivity index (χ4n) is 16.9. The van der Waals surface area contributed by atoms with Crippen molar-refractivity contribution in [2.24, 2.45) is 51.8 Å². The van der Waals surface area contributed by atoms with Gasteiger partial charge in [0.2, 0.25) is 17.7 Å². The zero-order chi connectivity index (χ0) is 104. The Morgan fingerprint density at radius 3 is 0.787 bits per heavy atom. The van der Waals surface area contributed by atoms with Gasteiger partial charge in [0, 0.05) is 110 Å². The lowest BCUT2D eigenvalue weighted by molar-refractivity contribution is -0.171. The molecule has 0 spiro atoms. The number of rotatable bonds is 43. The van der Waals surface area contributed by atoms with Gasteiger partial charge in [-0.15, -0.1) is 0 Å². The molecule has 136 heavy (non-hydrogen) atoms. The molecular formula is C109H173N15O9S3. The summed E-state index contributed by atoms with van der Waals surface area (Å²) in [7, 11) is 4.25. The molecule has 6 rings (SSSR count). The molecule has 3 aromatic heterocycles. The van der Waals surface area contributed by atoms with Gasteiger partial charge in [-0.25, -0.2) is 30.0 Å². The van der Waals surface area contributed by atoms with Crippen LogP contribution in [0.3, 0.4) is 0 Å². The van der Waals surface area contributed by atoms with E-state index in [0.717, 1.165) is 155 Å². The summed E-state index contributed by atoms with van der Waals surface area (Å²) in [5, 5.41) is 38.8. The van der Waals surface area contributed by atoms with Gasteiger partial charge in [-0.05, 0) is 128 Å². The summed E-state index contributed by atoms with van der Waals surface area (Å²) >= 11 is 4.70. The molecule has 0 aliphatic carbocycles. The second-order valence-electron chi connectivity index (χ2n) is 44.2. The van der Waals surface area contributed by atoms with E-state index >= 15 is 0 Å². The highest BCUT2D eigenvalue weighted by Gasteiger charge is 2.48. The topological polar surface area (TPSA) is 293 Å². The molecule has 3 aliphatic rings. The van der Waals surface area contributed by atoms with Gasteiger partial charge in [-0.2, -0.15) is 30.8 Å². The Bertz CT molecular complexity index is 4890. The molecule has 24 nitrogen and oxygen atoms in total. The highest BCUT2D eigenvalue weighted by atomic mass is 32.1. The molecule has 0 fully saturated rings. The van der Waals surface area contributed by atoms with Crippen molar-refractivity contribution in [1.82, 2.24) is 45.0 Å². The van der Waals surface area contributed by atoms with Crippen LogP contribution < -0.4 is 14.7 Å². The van der Waals surface area contributed by atoms with Crippen LogP contribution in [-0.2, 0) is 59.4 Å². The lowest BCUT2D eigenvalue weighted by atomic mass is 9.88. The highest BCUT2D eigenvalue weighted by Crippen LogP contribution is 2.45. The van der Waals surface area contributed by atoms with Gasteiger partial charge in [-0.3, -0.25) is 43.2 Å². The van der Waals surface area contributed by atoms with E-state index in [-0.39, 0.29) is 49.7 Å². The third-order valence-electron chi connectivity index (χ3n) is 25.4. The van der Waals surface area contributed by atoms with Crippen molar-refractivity contribution >= 4 is 121 Å². The molecule has 0 N–H and O–H groups in total. The Hall–Kier alpha value is -8.97. The molecule has 6 heterocycles. The Morgan fingerprint density at radius 1 is 0.353 bits per heavy atom. The summed E-state index contributed by atoms with van der Waals surface area (Å²) in [6.45, 7) is 72.7. The second kappa shape index (κ2) is 52.9. The number of nitriles is 3. The molecule has 4 unspecified atom stereocenters. The van der Waals surface area contributed by atoms with Crippen LogP contribution in [0, 0.1) is 85.7 Å². The monoisotopic (exact) mass is 1930 g/mol. The number of hydrazine groups is 3. The lowest BCUT2D eigenvalue weighted by Crippen LogP contribution is -2.56. The zero-order valence-electron chi connectivity index (χ0n) is 90.6. The average Bonchev–Trinajstić information content (AvgIpc) is 0.867. The molecule has 3 aliphatic heterocycles. The molecule has 3 aromatic rings. The zero-order valence-corrected chi connectivity index (χ0v) is 93.1. The maximum Gasteiger partial charge on any atom is 0.290 e. The van der Waals surface area contributed by atoms with Gasteiger partial charge >= 0.3 is 0 Å². The first kappa shape index (κ1) is 119. The minimum atomic E-state index is -0.838. The minimum Gasteiger partial charge on any atom is -0.348 e. The van der Waals surface area contributed by atoms with E-state index in [1.165, 1.54) is 110 Å². The second-order valence-corrected chi connectivity index (χ2v) is 47.3. The summed E-state index contributed by atoms with van der Waals surface area (Å²) in [6, 6.07) is 6.14.